The first-order valence-electron chi connectivity index (χ1n) is 4.92. The normalized spacial score (nSPS) is 9.94. The van der Waals surface area contributed by atoms with E-state index in [1.54, 1.807) is 24.5 Å². The van der Waals surface area contributed by atoms with Crippen molar-refractivity contribution in [3.8, 4) is 0 Å². The summed E-state index contributed by atoms with van der Waals surface area (Å²) in [5.41, 5.74) is 0.860. The van der Waals surface area contributed by atoms with Gasteiger partial charge in [-0.2, -0.15) is 0 Å². The van der Waals surface area contributed by atoms with Crippen molar-refractivity contribution in [3.63, 3.8) is 0 Å². The van der Waals surface area contributed by atoms with Gasteiger partial charge in [-0.05, 0) is 12.1 Å². The molecule has 4 nitrogen and oxygen atoms in total. The highest BCUT2D eigenvalue weighted by atomic mass is 19.1. The standard InChI is InChI=1S/C12H9FN2O2/c13-11-4-10(6-15-7-11)12(16)17-8-9-2-1-3-14-5-9/h1-7H,8H2. The topological polar surface area (TPSA) is 52.1 Å². The maximum Gasteiger partial charge on any atom is 0.340 e. The molecule has 17 heavy (non-hydrogen) atoms. The van der Waals surface area contributed by atoms with Crippen LogP contribution in [0.1, 0.15) is 15.9 Å². The highest BCUT2D eigenvalue weighted by Gasteiger charge is 2.08. The van der Waals surface area contributed by atoms with Crippen molar-refractivity contribution < 1.29 is 13.9 Å². The lowest BCUT2D eigenvalue weighted by molar-refractivity contribution is 0.0471. The second-order valence-corrected chi connectivity index (χ2v) is 3.33. The van der Waals surface area contributed by atoms with Crippen LogP contribution < -0.4 is 0 Å². The number of pyridine rings is 2. The average Bonchev–Trinajstić information content (AvgIpc) is 2.37. The number of esters is 1. The van der Waals surface area contributed by atoms with Crippen LogP contribution in [0.5, 0.6) is 0 Å². The summed E-state index contributed by atoms with van der Waals surface area (Å²) in [6.45, 7) is 0.100. The third-order valence-corrected chi connectivity index (χ3v) is 2.03. The van der Waals surface area contributed by atoms with Crippen molar-refractivity contribution in [3.05, 3.63) is 59.9 Å². The van der Waals surface area contributed by atoms with Crippen LogP contribution in [-0.4, -0.2) is 15.9 Å². The first-order valence-corrected chi connectivity index (χ1v) is 4.92. The van der Waals surface area contributed by atoms with Crippen molar-refractivity contribution in [1.82, 2.24) is 9.97 Å². The Hall–Kier alpha value is -2.30. The van der Waals surface area contributed by atoms with Gasteiger partial charge in [0.25, 0.3) is 0 Å². The van der Waals surface area contributed by atoms with E-state index in [1.165, 1.54) is 6.20 Å². The molecule has 2 heterocycles. The number of halogens is 1. The molecule has 0 aliphatic carbocycles. The van der Waals surface area contributed by atoms with Crippen LogP contribution >= 0.6 is 0 Å². The molecular formula is C12H9FN2O2. The number of carbonyl (C=O) groups is 1. The number of hydrogen-bond acceptors (Lipinski definition) is 4. The Morgan fingerprint density at radius 1 is 1.29 bits per heavy atom. The van der Waals surface area contributed by atoms with E-state index in [1.807, 2.05) is 0 Å². The van der Waals surface area contributed by atoms with Gasteiger partial charge in [-0.25, -0.2) is 9.18 Å². The molecule has 2 aromatic rings. The van der Waals surface area contributed by atoms with Gasteiger partial charge in [0, 0.05) is 24.2 Å². The minimum absolute atomic E-state index is 0.0916. The van der Waals surface area contributed by atoms with E-state index in [9.17, 15) is 9.18 Å². The van der Waals surface area contributed by atoms with Crippen molar-refractivity contribution in [2.75, 3.05) is 0 Å². The number of carbonyl (C=O) groups excluding carboxylic acids is 1. The zero-order chi connectivity index (χ0) is 12.1. The maximum absolute atomic E-state index is 12.8. The molecule has 0 saturated carbocycles. The van der Waals surface area contributed by atoms with Crippen LogP contribution in [0.4, 0.5) is 4.39 Å². The van der Waals surface area contributed by atoms with Crippen molar-refractivity contribution >= 4 is 5.97 Å². The fourth-order valence-corrected chi connectivity index (χ4v) is 1.24. The molecule has 0 aromatic carbocycles. The zero-order valence-corrected chi connectivity index (χ0v) is 8.84. The summed E-state index contributed by atoms with van der Waals surface area (Å²) < 4.78 is 17.8. The Bertz CT molecular complexity index is 517. The van der Waals surface area contributed by atoms with E-state index in [2.05, 4.69) is 9.97 Å². The summed E-state index contributed by atoms with van der Waals surface area (Å²) in [4.78, 5) is 19.0. The lowest BCUT2D eigenvalue weighted by atomic mass is 10.3. The Morgan fingerprint density at radius 3 is 2.88 bits per heavy atom. The monoisotopic (exact) mass is 232 g/mol. The molecule has 0 saturated heterocycles. The highest BCUT2D eigenvalue weighted by Crippen LogP contribution is 2.05. The van der Waals surface area contributed by atoms with E-state index in [-0.39, 0.29) is 12.2 Å². The summed E-state index contributed by atoms with van der Waals surface area (Å²) >= 11 is 0. The number of nitrogens with zero attached hydrogens (tertiary/aromatic N) is 2. The molecule has 0 aliphatic rings. The quantitative estimate of drug-likeness (QED) is 0.759. The third kappa shape index (κ3) is 3.07. The van der Waals surface area contributed by atoms with Crippen LogP contribution in [0.15, 0.2) is 43.0 Å². The maximum atomic E-state index is 12.8. The average molecular weight is 232 g/mol. The third-order valence-electron chi connectivity index (χ3n) is 2.03. The summed E-state index contributed by atoms with van der Waals surface area (Å²) in [5, 5.41) is 0. The van der Waals surface area contributed by atoms with E-state index in [4.69, 9.17) is 4.74 Å². The van der Waals surface area contributed by atoms with Crippen LogP contribution in [0.25, 0.3) is 0 Å². The fourth-order valence-electron chi connectivity index (χ4n) is 1.24. The van der Waals surface area contributed by atoms with Gasteiger partial charge in [0.2, 0.25) is 0 Å². The van der Waals surface area contributed by atoms with Gasteiger partial charge in [0.1, 0.15) is 12.4 Å². The molecule has 86 valence electrons. The molecule has 0 aliphatic heterocycles. The lowest BCUT2D eigenvalue weighted by Gasteiger charge is -2.04. The summed E-state index contributed by atoms with van der Waals surface area (Å²) in [6, 6.07) is 4.61. The van der Waals surface area contributed by atoms with Gasteiger partial charge in [0.05, 0.1) is 11.8 Å². The molecule has 5 heteroatoms. The Balaban J connectivity index is 1.98. The van der Waals surface area contributed by atoms with E-state index >= 15 is 0 Å². The Morgan fingerprint density at radius 2 is 2.18 bits per heavy atom. The largest absolute Gasteiger partial charge is 0.457 e. The molecule has 0 unspecified atom stereocenters. The molecule has 2 rings (SSSR count). The number of aromatic nitrogens is 2. The molecule has 0 spiro atoms. The van der Waals surface area contributed by atoms with Gasteiger partial charge in [-0.1, -0.05) is 6.07 Å². The smallest absolute Gasteiger partial charge is 0.340 e. The fraction of sp³-hybridized carbons (Fsp3) is 0.0833. The van der Waals surface area contributed by atoms with Gasteiger partial charge in [-0.3, -0.25) is 9.97 Å². The predicted molar refractivity (Wildman–Crippen MR) is 57.6 cm³/mol. The van der Waals surface area contributed by atoms with Gasteiger partial charge >= 0.3 is 5.97 Å². The molecule has 0 radical (unpaired) electrons. The molecule has 0 amide bonds. The number of rotatable bonds is 3. The van der Waals surface area contributed by atoms with Crippen molar-refractivity contribution in [2.45, 2.75) is 6.61 Å². The minimum atomic E-state index is -0.610. The second-order valence-electron chi connectivity index (χ2n) is 3.33. The van der Waals surface area contributed by atoms with Crippen LogP contribution in [-0.2, 0) is 11.3 Å². The van der Waals surface area contributed by atoms with E-state index < -0.39 is 11.8 Å². The molecule has 0 bridgehead atoms. The predicted octanol–water partition coefficient (Wildman–Crippen LogP) is 1.97. The molecule has 0 atom stereocenters. The SMILES string of the molecule is O=C(OCc1cccnc1)c1cncc(F)c1. The van der Waals surface area contributed by atoms with Gasteiger partial charge in [-0.15, -0.1) is 0 Å². The second kappa shape index (κ2) is 5.16. The number of hydrogen-bond donors (Lipinski definition) is 0. The summed E-state index contributed by atoms with van der Waals surface area (Å²) in [5.74, 6) is -1.18. The summed E-state index contributed by atoms with van der Waals surface area (Å²) in [7, 11) is 0. The highest BCUT2D eigenvalue weighted by molar-refractivity contribution is 5.88. The molecule has 0 N–H and O–H groups in total. The zero-order valence-electron chi connectivity index (χ0n) is 8.84. The van der Waals surface area contributed by atoms with Crippen LogP contribution in [0.3, 0.4) is 0 Å². The first kappa shape index (κ1) is 11.2. The van der Waals surface area contributed by atoms with Gasteiger partial charge < -0.3 is 4.74 Å². The first-order chi connectivity index (χ1) is 8.25. The molecule has 2 aromatic heterocycles. The number of ether oxygens (including phenoxy) is 1. The molecule has 0 fully saturated rings. The van der Waals surface area contributed by atoms with E-state index in [0.717, 1.165) is 17.8 Å². The van der Waals surface area contributed by atoms with Gasteiger partial charge in [0.15, 0.2) is 0 Å². The molecular weight excluding hydrogens is 223 g/mol. The Labute approximate surface area is 97.1 Å². The Kier molecular flexibility index (Phi) is 3.40. The van der Waals surface area contributed by atoms with Crippen LogP contribution in [0.2, 0.25) is 0 Å². The van der Waals surface area contributed by atoms with E-state index in [0.29, 0.717) is 0 Å². The van der Waals surface area contributed by atoms with Crippen molar-refractivity contribution in [2.24, 2.45) is 0 Å². The van der Waals surface area contributed by atoms with Crippen LogP contribution in [0, 0.1) is 5.82 Å². The van der Waals surface area contributed by atoms with Crippen molar-refractivity contribution in [1.29, 1.82) is 0 Å². The lowest BCUT2D eigenvalue weighted by Crippen LogP contribution is -2.06. The minimum Gasteiger partial charge on any atom is -0.457 e. The summed E-state index contributed by atoms with van der Waals surface area (Å²) in [6.07, 6.45) is 5.51.